The summed E-state index contributed by atoms with van der Waals surface area (Å²) in [6.45, 7) is 5.20. The second-order valence-electron chi connectivity index (χ2n) is 10.4. The second kappa shape index (κ2) is 19.6. The summed E-state index contributed by atoms with van der Waals surface area (Å²) in [5.41, 5.74) is 21.6. The van der Waals surface area contributed by atoms with Crippen molar-refractivity contribution in [2.45, 2.75) is 95.9 Å². The molecule has 0 aromatic heterocycles. The first-order chi connectivity index (χ1) is 19.9. The molecule has 244 valence electrons. The summed E-state index contributed by atoms with van der Waals surface area (Å²) in [6, 6.07) is -6.32. The number of hydrogen-bond acceptors (Lipinski definition) is 9. The fourth-order valence-corrected chi connectivity index (χ4v) is 3.70. The number of nitrogens with two attached hydrogens (primary N) is 4. The summed E-state index contributed by atoms with van der Waals surface area (Å²) < 4.78 is 0. The van der Waals surface area contributed by atoms with Gasteiger partial charge in [-0.05, 0) is 44.9 Å². The molecule has 0 aromatic rings. The standard InChI is InChI=1S/C25H45N9O9/c1-12(2)11-14(26)21(39)33-15(5-4-10-30-25(28)29)22(40)31-13(3)20(38)32-16(7-9-19(36)37)23(41)34-17(24(42)43)6-8-18(27)35/h12-17H,4-11,26H2,1-3H3,(H2,27,35)(H,31,40)(H,32,38)(H,33,39)(H,34,41)(H,36,37)(H,42,43)(H4,28,29,30)/t13-,14-,15-,16-,17-/m0/s1. The summed E-state index contributed by atoms with van der Waals surface area (Å²) in [4.78, 5) is 88.8. The molecular formula is C25H45N9O9. The van der Waals surface area contributed by atoms with Gasteiger partial charge in [0.15, 0.2) is 5.96 Å². The number of nitrogens with one attached hydrogen (secondary N) is 4. The number of guanidine groups is 1. The van der Waals surface area contributed by atoms with Gasteiger partial charge in [0.25, 0.3) is 0 Å². The van der Waals surface area contributed by atoms with E-state index in [0.717, 1.165) is 0 Å². The number of carboxylic acids is 2. The summed E-state index contributed by atoms with van der Waals surface area (Å²) >= 11 is 0. The van der Waals surface area contributed by atoms with Gasteiger partial charge < -0.3 is 54.4 Å². The van der Waals surface area contributed by atoms with Gasteiger partial charge in [0.05, 0.1) is 6.04 Å². The normalized spacial score (nSPS) is 14.3. The number of rotatable bonds is 21. The number of aliphatic imine (C=N–C) groups is 1. The molecule has 0 saturated carbocycles. The number of nitrogens with zero attached hydrogens (tertiary/aromatic N) is 1. The lowest BCUT2D eigenvalue weighted by molar-refractivity contribution is -0.143. The van der Waals surface area contributed by atoms with Crippen LogP contribution in [-0.2, 0) is 33.6 Å². The summed E-state index contributed by atoms with van der Waals surface area (Å²) in [7, 11) is 0. The maximum Gasteiger partial charge on any atom is 0.326 e. The van der Waals surface area contributed by atoms with E-state index in [-0.39, 0.29) is 44.1 Å². The molecule has 5 atom stereocenters. The molecule has 0 fully saturated rings. The van der Waals surface area contributed by atoms with E-state index in [0.29, 0.717) is 6.42 Å². The Hall–Kier alpha value is -4.48. The molecule has 43 heavy (non-hydrogen) atoms. The van der Waals surface area contributed by atoms with E-state index in [4.69, 9.17) is 28.0 Å². The molecule has 14 N–H and O–H groups in total. The lowest BCUT2D eigenvalue weighted by Gasteiger charge is -2.25. The third-order valence-corrected chi connectivity index (χ3v) is 5.97. The van der Waals surface area contributed by atoms with Crippen LogP contribution in [0.2, 0.25) is 0 Å². The van der Waals surface area contributed by atoms with Crippen LogP contribution in [0.1, 0.15) is 65.7 Å². The Morgan fingerprint density at radius 3 is 1.72 bits per heavy atom. The second-order valence-corrected chi connectivity index (χ2v) is 10.4. The van der Waals surface area contributed by atoms with Gasteiger partial charge in [0.2, 0.25) is 29.5 Å². The van der Waals surface area contributed by atoms with E-state index >= 15 is 0 Å². The molecule has 0 radical (unpaired) electrons. The maximum atomic E-state index is 13.1. The molecule has 18 heteroatoms. The van der Waals surface area contributed by atoms with Gasteiger partial charge in [-0.1, -0.05) is 13.8 Å². The molecule has 5 amide bonds. The van der Waals surface area contributed by atoms with Crippen LogP contribution in [0.25, 0.3) is 0 Å². The van der Waals surface area contributed by atoms with Crippen molar-refractivity contribution in [3.8, 4) is 0 Å². The molecule has 0 spiro atoms. The first-order valence-electron chi connectivity index (χ1n) is 13.7. The highest BCUT2D eigenvalue weighted by molar-refractivity contribution is 5.95. The average Bonchev–Trinajstić information content (AvgIpc) is 2.88. The molecule has 0 aliphatic carbocycles. The van der Waals surface area contributed by atoms with Gasteiger partial charge in [0.1, 0.15) is 24.2 Å². The number of carboxylic acid groups (broad SMARTS) is 2. The molecule has 0 unspecified atom stereocenters. The van der Waals surface area contributed by atoms with Gasteiger partial charge in [-0.15, -0.1) is 0 Å². The Morgan fingerprint density at radius 1 is 0.698 bits per heavy atom. The highest BCUT2D eigenvalue weighted by Crippen LogP contribution is 2.07. The Morgan fingerprint density at radius 2 is 1.21 bits per heavy atom. The van der Waals surface area contributed by atoms with Crippen LogP contribution in [0.5, 0.6) is 0 Å². The Balaban J connectivity index is 5.61. The summed E-state index contributed by atoms with van der Waals surface area (Å²) in [5.74, 6) is -6.85. The molecule has 0 aromatic carbocycles. The minimum absolute atomic E-state index is 0.0859. The number of primary amides is 1. The van der Waals surface area contributed by atoms with Crippen molar-refractivity contribution >= 4 is 47.4 Å². The molecular weight excluding hydrogens is 570 g/mol. The van der Waals surface area contributed by atoms with Gasteiger partial charge in [-0.3, -0.25) is 33.8 Å². The number of carbonyl (C=O) groups is 7. The zero-order valence-corrected chi connectivity index (χ0v) is 24.6. The van der Waals surface area contributed by atoms with E-state index in [9.17, 15) is 38.7 Å². The number of hydrogen-bond donors (Lipinski definition) is 10. The first kappa shape index (κ1) is 38.5. The van der Waals surface area contributed by atoms with E-state index in [1.807, 2.05) is 13.8 Å². The molecule has 18 nitrogen and oxygen atoms in total. The predicted molar refractivity (Wildman–Crippen MR) is 154 cm³/mol. The Kier molecular flexibility index (Phi) is 17.6. The van der Waals surface area contributed by atoms with Gasteiger partial charge in [-0.2, -0.15) is 0 Å². The van der Waals surface area contributed by atoms with Crippen molar-refractivity contribution in [3.05, 3.63) is 0 Å². The minimum atomic E-state index is -1.54. The average molecular weight is 616 g/mol. The quantitative estimate of drug-likeness (QED) is 0.0343. The fourth-order valence-electron chi connectivity index (χ4n) is 3.70. The van der Waals surface area contributed by atoms with Crippen molar-refractivity contribution in [3.63, 3.8) is 0 Å². The first-order valence-corrected chi connectivity index (χ1v) is 13.7. The van der Waals surface area contributed by atoms with Gasteiger partial charge in [-0.25, -0.2) is 4.79 Å². The smallest absolute Gasteiger partial charge is 0.326 e. The van der Waals surface area contributed by atoms with Crippen LogP contribution in [0.15, 0.2) is 4.99 Å². The number of carbonyl (C=O) groups excluding carboxylic acids is 5. The predicted octanol–water partition coefficient (Wildman–Crippen LogP) is -3.41. The molecule has 0 aliphatic heterocycles. The lowest BCUT2D eigenvalue weighted by atomic mass is 10.0. The van der Waals surface area contributed by atoms with E-state index in [2.05, 4.69) is 26.3 Å². The van der Waals surface area contributed by atoms with Gasteiger partial charge in [0, 0.05) is 19.4 Å². The summed E-state index contributed by atoms with van der Waals surface area (Å²) in [6.07, 6.45) is -0.918. The van der Waals surface area contributed by atoms with Crippen molar-refractivity contribution < 1.29 is 43.8 Å². The largest absolute Gasteiger partial charge is 0.481 e. The van der Waals surface area contributed by atoms with Gasteiger partial charge >= 0.3 is 11.9 Å². The topological polar surface area (TPSA) is 325 Å². The van der Waals surface area contributed by atoms with E-state index in [1.54, 1.807) is 0 Å². The summed E-state index contributed by atoms with van der Waals surface area (Å²) in [5, 5.41) is 27.8. The number of amides is 5. The highest BCUT2D eigenvalue weighted by atomic mass is 16.4. The molecule has 0 bridgehead atoms. The Bertz CT molecular complexity index is 1030. The molecule has 0 saturated heterocycles. The minimum Gasteiger partial charge on any atom is -0.481 e. The molecule has 0 aliphatic rings. The SMILES string of the molecule is CC(C)C[C@H](N)C(=O)N[C@@H](CCCN=C(N)N)C(=O)N[C@@H](C)C(=O)N[C@@H](CCC(=O)O)C(=O)N[C@@H](CCC(N)=O)C(=O)O. The third-order valence-electron chi connectivity index (χ3n) is 5.97. The molecule has 0 heterocycles. The highest BCUT2D eigenvalue weighted by Gasteiger charge is 2.30. The third kappa shape index (κ3) is 17.2. The van der Waals surface area contributed by atoms with Crippen LogP contribution in [0, 0.1) is 5.92 Å². The van der Waals surface area contributed by atoms with Crippen LogP contribution in [0.4, 0.5) is 0 Å². The van der Waals surface area contributed by atoms with Crippen LogP contribution in [0.3, 0.4) is 0 Å². The number of aliphatic carboxylic acids is 2. The van der Waals surface area contributed by atoms with Crippen LogP contribution < -0.4 is 44.2 Å². The van der Waals surface area contributed by atoms with Crippen LogP contribution in [-0.4, -0.2) is 94.4 Å². The van der Waals surface area contributed by atoms with E-state index < -0.39 is 84.5 Å². The maximum absolute atomic E-state index is 13.1. The zero-order chi connectivity index (χ0) is 33.3. The lowest BCUT2D eigenvalue weighted by Crippen LogP contribution is -2.57. The zero-order valence-electron chi connectivity index (χ0n) is 24.6. The van der Waals surface area contributed by atoms with Crippen molar-refractivity contribution in [2.24, 2.45) is 33.8 Å². The fraction of sp³-hybridized carbons (Fsp3) is 0.680. The van der Waals surface area contributed by atoms with Crippen LogP contribution >= 0.6 is 0 Å². The van der Waals surface area contributed by atoms with E-state index in [1.165, 1.54) is 6.92 Å². The van der Waals surface area contributed by atoms with Crippen molar-refractivity contribution in [1.29, 1.82) is 0 Å². The van der Waals surface area contributed by atoms with Crippen molar-refractivity contribution in [1.82, 2.24) is 21.3 Å². The Labute approximate surface area is 249 Å². The van der Waals surface area contributed by atoms with Crippen molar-refractivity contribution in [2.75, 3.05) is 6.54 Å². The molecule has 0 rings (SSSR count). The monoisotopic (exact) mass is 615 g/mol.